The second kappa shape index (κ2) is 6.18. The van der Waals surface area contributed by atoms with E-state index in [0.29, 0.717) is 0 Å². The average molecular weight is 235 g/mol. The molecular weight excluding hydrogens is 210 g/mol. The highest BCUT2D eigenvalue weighted by atomic mass is 16.3. The molecule has 0 fully saturated rings. The lowest BCUT2D eigenvalue weighted by Gasteiger charge is -2.32. The molecule has 1 aromatic rings. The van der Waals surface area contributed by atoms with Crippen molar-refractivity contribution in [2.45, 2.75) is 46.1 Å². The Morgan fingerprint density at radius 3 is 2.24 bits per heavy atom. The Hall–Kier alpha value is -0.860. The Kier molecular flexibility index (Phi) is 5.16. The smallest absolute Gasteiger partial charge is 0.0451 e. The normalized spacial score (nSPS) is 14.6. The van der Waals surface area contributed by atoms with E-state index >= 15 is 0 Å². The molecule has 0 amide bonds. The minimum absolute atomic E-state index is 0.123. The maximum absolute atomic E-state index is 9.26. The van der Waals surface area contributed by atoms with Crippen molar-refractivity contribution in [2.24, 2.45) is 0 Å². The van der Waals surface area contributed by atoms with Crippen molar-refractivity contribution in [3.8, 4) is 0 Å². The third-order valence-electron chi connectivity index (χ3n) is 3.24. The van der Waals surface area contributed by atoms with E-state index in [0.717, 1.165) is 19.4 Å². The summed E-state index contributed by atoms with van der Waals surface area (Å²) in [5.41, 5.74) is 3.71. The molecule has 0 radical (unpaired) electrons. The monoisotopic (exact) mass is 235 g/mol. The number of benzene rings is 1. The van der Waals surface area contributed by atoms with Crippen molar-refractivity contribution in [1.29, 1.82) is 0 Å². The van der Waals surface area contributed by atoms with Crippen LogP contribution in [0.1, 0.15) is 43.4 Å². The van der Waals surface area contributed by atoms with Gasteiger partial charge in [-0.2, -0.15) is 0 Å². The highest BCUT2D eigenvalue weighted by Gasteiger charge is 2.25. The first kappa shape index (κ1) is 14.2. The van der Waals surface area contributed by atoms with Crippen molar-refractivity contribution in [3.05, 3.63) is 34.9 Å². The number of rotatable bonds is 6. The first-order valence-corrected chi connectivity index (χ1v) is 6.46. The van der Waals surface area contributed by atoms with Gasteiger partial charge in [-0.3, -0.25) is 0 Å². The molecular formula is C15H25NO. The minimum Gasteiger partial charge on any atom is -0.396 e. The van der Waals surface area contributed by atoms with Gasteiger partial charge in [0.05, 0.1) is 0 Å². The predicted molar refractivity (Wildman–Crippen MR) is 73.3 cm³/mol. The zero-order valence-corrected chi connectivity index (χ0v) is 11.5. The molecule has 0 aliphatic rings. The van der Waals surface area contributed by atoms with Crippen molar-refractivity contribution in [2.75, 3.05) is 13.2 Å². The summed E-state index contributed by atoms with van der Waals surface area (Å²) >= 11 is 0. The molecule has 2 N–H and O–H groups in total. The minimum atomic E-state index is -0.123. The molecule has 0 saturated carbocycles. The zero-order valence-electron chi connectivity index (χ0n) is 11.5. The molecule has 1 rings (SSSR count). The fourth-order valence-corrected chi connectivity index (χ4v) is 2.25. The van der Waals surface area contributed by atoms with Gasteiger partial charge >= 0.3 is 0 Å². The molecule has 0 spiro atoms. The Balaban J connectivity index is 3.02. The quantitative estimate of drug-likeness (QED) is 0.794. The van der Waals surface area contributed by atoms with Crippen LogP contribution in [-0.2, 0) is 5.54 Å². The Morgan fingerprint density at radius 1 is 1.18 bits per heavy atom. The third kappa shape index (κ3) is 3.83. The lowest BCUT2D eigenvalue weighted by Crippen LogP contribution is -2.41. The second-order valence-corrected chi connectivity index (χ2v) is 5.11. The lowest BCUT2D eigenvalue weighted by atomic mass is 9.86. The first-order valence-electron chi connectivity index (χ1n) is 6.46. The van der Waals surface area contributed by atoms with E-state index in [4.69, 9.17) is 0 Å². The van der Waals surface area contributed by atoms with Gasteiger partial charge in [0.1, 0.15) is 0 Å². The van der Waals surface area contributed by atoms with Crippen LogP contribution in [0.4, 0.5) is 0 Å². The fourth-order valence-electron chi connectivity index (χ4n) is 2.25. The molecule has 0 bridgehead atoms. The second-order valence-electron chi connectivity index (χ2n) is 5.11. The molecule has 1 atom stereocenters. The fraction of sp³-hybridized carbons (Fsp3) is 0.600. The van der Waals surface area contributed by atoms with Gasteiger partial charge in [-0.1, -0.05) is 36.2 Å². The Morgan fingerprint density at radius 2 is 1.76 bits per heavy atom. The van der Waals surface area contributed by atoms with Crippen molar-refractivity contribution in [1.82, 2.24) is 5.32 Å². The number of aliphatic hydroxyl groups excluding tert-OH is 1. The van der Waals surface area contributed by atoms with Gasteiger partial charge in [0.25, 0.3) is 0 Å². The van der Waals surface area contributed by atoms with E-state index in [-0.39, 0.29) is 12.1 Å². The number of nitrogens with one attached hydrogen (secondary N) is 1. The van der Waals surface area contributed by atoms with Crippen LogP contribution in [0.25, 0.3) is 0 Å². The summed E-state index contributed by atoms with van der Waals surface area (Å²) in [4.78, 5) is 0. The molecule has 0 heterocycles. The van der Waals surface area contributed by atoms with Crippen LogP contribution < -0.4 is 5.32 Å². The van der Waals surface area contributed by atoms with Gasteiger partial charge in [-0.05, 0) is 45.7 Å². The van der Waals surface area contributed by atoms with Crippen LogP contribution in [0.3, 0.4) is 0 Å². The standard InChI is InChI=1S/C15H25NO/c1-5-7-16-15(4,6-8-17)14-10-12(2)9-13(3)11-14/h9-11,16-17H,5-8H2,1-4H3. The highest BCUT2D eigenvalue weighted by molar-refractivity contribution is 5.33. The van der Waals surface area contributed by atoms with E-state index in [1.54, 1.807) is 0 Å². The number of hydrogen-bond acceptors (Lipinski definition) is 2. The SMILES string of the molecule is CCCNC(C)(CCO)c1cc(C)cc(C)c1. The summed E-state index contributed by atoms with van der Waals surface area (Å²) in [5, 5.41) is 12.8. The summed E-state index contributed by atoms with van der Waals surface area (Å²) in [6.45, 7) is 9.76. The summed E-state index contributed by atoms with van der Waals surface area (Å²) in [7, 11) is 0. The van der Waals surface area contributed by atoms with Gasteiger partial charge in [0.2, 0.25) is 0 Å². The summed E-state index contributed by atoms with van der Waals surface area (Å²) in [6.07, 6.45) is 1.85. The largest absolute Gasteiger partial charge is 0.396 e. The molecule has 2 heteroatoms. The Labute approximate surface area is 105 Å². The maximum Gasteiger partial charge on any atom is 0.0451 e. The number of aliphatic hydroxyl groups is 1. The van der Waals surface area contributed by atoms with Crippen molar-refractivity contribution >= 4 is 0 Å². The lowest BCUT2D eigenvalue weighted by molar-refractivity contribution is 0.221. The Bertz CT molecular complexity index is 342. The molecule has 0 aliphatic heterocycles. The first-order chi connectivity index (χ1) is 8.01. The highest BCUT2D eigenvalue weighted by Crippen LogP contribution is 2.26. The van der Waals surface area contributed by atoms with Crippen LogP contribution in [0, 0.1) is 13.8 Å². The third-order valence-corrected chi connectivity index (χ3v) is 3.24. The molecule has 0 saturated heterocycles. The molecule has 1 unspecified atom stereocenters. The van der Waals surface area contributed by atoms with E-state index in [1.807, 2.05) is 0 Å². The van der Waals surface area contributed by atoms with E-state index in [2.05, 4.69) is 51.2 Å². The summed E-state index contributed by atoms with van der Waals surface area (Å²) in [6, 6.07) is 6.61. The maximum atomic E-state index is 9.26. The van der Waals surface area contributed by atoms with Crippen LogP contribution in [0.5, 0.6) is 0 Å². The van der Waals surface area contributed by atoms with E-state index in [9.17, 15) is 5.11 Å². The van der Waals surface area contributed by atoms with E-state index < -0.39 is 0 Å². The van der Waals surface area contributed by atoms with Gasteiger partial charge in [-0.25, -0.2) is 0 Å². The van der Waals surface area contributed by atoms with Crippen molar-refractivity contribution in [3.63, 3.8) is 0 Å². The topological polar surface area (TPSA) is 32.3 Å². The van der Waals surface area contributed by atoms with Crippen LogP contribution in [0.2, 0.25) is 0 Å². The molecule has 17 heavy (non-hydrogen) atoms. The van der Waals surface area contributed by atoms with Gasteiger partial charge in [-0.15, -0.1) is 0 Å². The van der Waals surface area contributed by atoms with Gasteiger partial charge in [0.15, 0.2) is 0 Å². The zero-order chi connectivity index (χ0) is 12.9. The molecule has 0 aliphatic carbocycles. The van der Waals surface area contributed by atoms with Crippen LogP contribution in [-0.4, -0.2) is 18.3 Å². The number of aryl methyl sites for hydroxylation is 2. The van der Waals surface area contributed by atoms with Gasteiger partial charge < -0.3 is 10.4 Å². The average Bonchev–Trinajstić information content (AvgIpc) is 2.25. The molecule has 1 aromatic carbocycles. The predicted octanol–water partition coefficient (Wildman–Crippen LogP) is 2.90. The van der Waals surface area contributed by atoms with Crippen LogP contribution >= 0.6 is 0 Å². The van der Waals surface area contributed by atoms with E-state index in [1.165, 1.54) is 16.7 Å². The van der Waals surface area contributed by atoms with Crippen molar-refractivity contribution < 1.29 is 5.11 Å². The number of hydrogen-bond donors (Lipinski definition) is 2. The van der Waals surface area contributed by atoms with Crippen LogP contribution in [0.15, 0.2) is 18.2 Å². The molecule has 2 nitrogen and oxygen atoms in total. The van der Waals surface area contributed by atoms with Gasteiger partial charge in [0, 0.05) is 12.1 Å². The summed E-state index contributed by atoms with van der Waals surface area (Å²) in [5.74, 6) is 0. The molecule has 96 valence electrons. The summed E-state index contributed by atoms with van der Waals surface area (Å²) < 4.78 is 0. The molecule has 0 aromatic heterocycles.